The van der Waals surface area contributed by atoms with Crippen LogP contribution in [0.2, 0.25) is 0 Å². The van der Waals surface area contributed by atoms with Gasteiger partial charge < -0.3 is 15.4 Å². The minimum atomic E-state index is -0.964. The number of amides is 2. The van der Waals surface area contributed by atoms with Crippen LogP contribution in [0.3, 0.4) is 0 Å². The lowest BCUT2D eigenvalue weighted by Crippen LogP contribution is -2.37. The molecule has 0 fully saturated rings. The van der Waals surface area contributed by atoms with Crippen LogP contribution in [0.15, 0.2) is 42.5 Å². The minimum Gasteiger partial charge on any atom is -0.489 e. The fourth-order valence-electron chi connectivity index (χ4n) is 3.66. The summed E-state index contributed by atoms with van der Waals surface area (Å²) in [5.74, 6) is -1.61. The Morgan fingerprint density at radius 2 is 2.09 bits per heavy atom. The van der Waals surface area contributed by atoms with E-state index in [4.69, 9.17) is 4.74 Å². The number of rotatable bonds is 8. The van der Waals surface area contributed by atoms with Crippen LogP contribution in [-0.2, 0) is 11.3 Å². The molecule has 4 rings (SSSR count). The summed E-state index contributed by atoms with van der Waals surface area (Å²) in [4.78, 5) is 27.7. The van der Waals surface area contributed by atoms with Crippen molar-refractivity contribution < 1.29 is 23.1 Å². The van der Waals surface area contributed by atoms with Gasteiger partial charge in [-0.25, -0.2) is 18.4 Å². The highest BCUT2D eigenvalue weighted by Crippen LogP contribution is 2.32. The van der Waals surface area contributed by atoms with Gasteiger partial charge in [-0.05, 0) is 18.9 Å². The number of halogens is 2. The van der Waals surface area contributed by atoms with Crippen LogP contribution >= 0.6 is 0 Å². The normalized spacial score (nSPS) is 15.7. The largest absolute Gasteiger partial charge is 0.489 e. The van der Waals surface area contributed by atoms with Crippen molar-refractivity contribution in [1.82, 2.24) is 20.1 Å². The Labute approximate surface area is 182 Å². The first-order valence-corrected chi connectivity index (χ1v) is 10.1. The van der Waals surface area contributed by atoms with E-state index in [1.807, 2.05) is 30.3 Å². The van der Waals surface area contributed by atoms with Gasteiger partial charge in [0, 0.05) is 24.6 Å². The summed E-state index contributed by atoms with van der Waals surface area (Å²) < 4.78 is 34.5. The fourth-order valence-corrected chi connectivity index (χ4v) is 3.66. The lowest BCUT2D eigenvalue weighted by atomic mass is 9.97. The van der Waals surface area contributed by atoms with Gasteiger partial charge in [-0.3, -0.25) is 9.59 Å². The number of fused-ring (bicyclic) bond motifs is 1. The van der Waals surface area contributed by atoms with Crippen LogP contribution in [0.4, 0.5) is 14.5 Å². The molecular formula is C22H21F2N5O3. The molecule has 0 radical (unpaired) electrons. The maximum atomic E-state index is 13.9. The zero-order chi connectivity index (χ0) is 22.7. The molecule has 1 aromatic heterocycles. The average Bonchev–Trinajstić information content (AvgIpc) is 3.36. The molecule has 2 atom stereocenters. The van der Waals surface area contributed by atoms with Crippen molar-refractivity contribution in [2.75, 3.05) is 11.9 Å². The van der Waals surface area contributed by atoms with Crippen molar-refractivity contribution in [3.8, 4) is 5.75 Å². The molecule has 2 heterocycles. The van der Waals surface area contributed by atoms with E-state index in [9.17, 15) is 18.4 Å². The number of anilines is 1. The van der Waals surface area contributed by atoms with Crippen molar-refractivity contribution >= 4 is 18.0 Å². The lowest BCUT2D eigenvalue weighted by molar-refractivity contribution is -0.105. The smallest absolute Gasteiger partial charge is 0.291 e. The molecule has 166 valence electrons. The highest BCUT2D eigenvalue weighted by Gasteiger charge is 2.29. The van der Waals surface area contributed by atoms with Gasteiger partial charge in [-0.2, -0.15) is 0 Å². The number of nitrogens with zero attached hydrogens (tertiary/aromatic N) is 3. The van der Waals surface area contributed by atoms with E-state index in [1.54, 1.807) is 11.6 Å². The van der Waals surface area contributed by atoms with Crippen molar-refractivity contribution in [3.05, 3.63) is 71.3 Å². The number of benzene rings is 2. The molecule has 8 nitrogen and oxygen atoms in total. The predicted molar refractivity (Wildman–Crippen MR) is 111 cm³/mol. The summed E-state index contributed by atoms with van der Waals surface area (Å²) >= 11 is 0. The van der Waals surface area contributed by atoms with Gasteiger partial charge in [0.05, 0.1) is 6.04 Å². The van der Waals surface area contributed by atoms with Crippen LogP contribution in [0.5, 0.6) is 5.75 Å². The van der Waals surface area contributed by atoms with Crippen LogP contribution < -0.4 is 15.4 Å². The Hall–Kier alpha value is -3.82. The molecule has 32 heavy (non-hydrogen) atoms. The summed E-state index contributed by atoms with van der Waals surface area (Å²) in [6.45, 7) is 2.24. The van der Waals surface area contributed by atoms with Gasteiger partial charge in [0.1, 0.15) is 29.7 Å². The standard InChI is InChI=1S/C22H21F2N5O3/c1-13(11-32-18-10-15(23)9-17(24)19(18)25-12-30)26-22(31)20-27-21-16(7-8-29(21)28-20)14-5-3-2-4-6-14/h2-6,9-10,12-13,16H,7-8,11H2,1H3,(H,25,30)(H,26,31)/t13-,16?/m1/s1. The molecule has 0 saturated heterocycles. The monoisotopic (exact) mass is 441 g/mol. The molecule has 1 aliphatic rings. The minimum absolute atomic E-state index is 0.0487. The number of aromatic nitrogens is 3. The molecule has 10 heteroatoms. The molecule has 0 aliphatic carbocycles. The molecule has 2 aromatic carbocycles. The topological polar surface area (TPSA) is 98.1 Å². The maximum absolute atomic E-state index is 13.9. The van der Waals surface area contributed by atoms with Gasteiger partial charge in [-0.1, -0.05) is 30.3 Å². The first kappa shape index (κ1) is 21.4. The number of carbonyl (C=O) groups is 2. The van der Waals surface area contributed by atoms with Gasteiger partial charge in [-0.15, -0.1) is 5.10 Å². The Bertz CT molecular complexity index is 1140. The molecule has 1 aliphatic heterocycles. The predicted octanol–water partition coefficient (Wildman–Crippen LogP) is 2.86. The zero-order valence-corrected chi connectivity index (χ0v) is 17.2. The van der Waals surface area contributed by atoms with E-state index in [1.165, 1.54) is 0 Å². The molecular weight excluding hydrogens is 420 g/mol. The van der Waals surface area contributed by atoms with Crippen LogP contribution in [0, 0.1) is 11.6 Å². The molecule has 2 N–H and O–H groups in total. The molecule has 0 bridgehead atoms. The third kappa shape index (κ3) is 4.43. The molecule has 2 amide bonds. The number of ether oxygens (including phenoxy) is 1. The molecule has 0 saturated carbocycles. The number of hydrogen-bond donors (Lipinski definition) is 2. The number of carbonyl (C=O) groups excluding carboxylic acids is 2. The fraction of sp³-hybridized carbons (Fsp3) is 0.273. The summed E-state index contributed by atoms with van der Waals surface area (Å²) in [5.41, 5.74) is 0.841. The SMILES string of the molecule is C[C@H](COc1cc(F)cc(F)c1NC=O)NC(=O)c1nc2n(n1)CCC2c1ccccc1. The van der Waals surface area contributed by atoms with E-state index in [-0.39, 0.29) is 36.2 Å². The Morgan fingerprint density at radius 3 is 2.84 bits per heavy atom. The van der Waals surface area contributed by atoms with E-state index >= 15 is 0 Å². The third-order valence-electron chi connectivity index (χ3n) is 5.14. The Kier molecular flexibility index (Phi) is 6.11. The van der Waals surface area contributed by atoms with Gasteiger partial charge >= 0.3 is 0 Å². The maximum Gasteiger partial charge on any atom is 0.291 e. The summed E-state index contributed by atoms with van der Waals surface area (Å²) in [6, 6.07) is 11.0. The van der Waals surface area contributed by atoms with Crippen molar-refractivity contribution in [1.29, 1.82) is 0 Å². The Balaban J connectivity index is 1.40. The van der Waals surface area contributed by atoms with E-state index in [0.717, 1.165) is 23.9 Å². The van der Waals surface area contributed by atoms with Gasteiger partial charge in [0.2, 0.25) is 12.2 Å². The van der Waals surface area contributed by atoms with Crippen LogP contribution in [0.25, 0.3) is 0 Å². The van der Waals surface area contributed by atoms with E-state index < -0.39 is 23.6 Å². The van der Waals surface area contributed by atoms with E-state index in [2.05, 4.69) is 20.7 Å². The second-order valence-corrected chi connectivity index (χ2v) is 7.48. The second kappa shape index (κ2) is 9.13. The number of nitrogens with one attached hydrogen (secondary N) is 2. The molecule has 3 aromatic rings. The number of hydrogen-bond acceptors (Lipinski definition) is 5. The first-order valence-electron chi connectivity index (χ1n) is 10.1. The highest BCUT2D eigenvalue weighted by molar-refractivity contribution is 5.90. The summed E-state index contributed by atoms with van der Waals surface area (Å²) in [6.07, 6.45) is 1.13. The van der Waals surface area contributed by atoms with Crippen molar-refractivity contribution in [2.24, 2.45) is 0 Å². The average molecular weight is 441 g/mol. The quantitative estimate of drug-likeness (QED) is 0.524. The summed E-state index contributed by atoms with van der Waals surface area (Å²) in [5, 5.41) is 9.16. The highest BCUT2D eigenvalue weighted by atomic mass is 19.1. The lowest BCUT2D eigenvalue weighted by Gasteiger charge is -2.16. The second-order valence-electron chi connectivity index (χ2n) is 7.48. The van der Waals surface area contributed by atoms with Gasteiger partial charge in [0.25, 0.3) is 5.91 Å². The molecule has 1 unspecified atom stereocenters. The third-order valence-corrected chi connectivity index (χ3v) is 5.14. The zero-order valence-electron chi connectivity index (χ0n) is 17.2. The summed E-state index contributed by atoms with van der Waals surface area (Å²) in [7, 11) is 0. The van der Waals surface area contributed by atoms with Crippen molar-refractivity contribution in [2.45, 2.75) is 31.8 Å². The van der Waals surface area contributed by atoms with E-state index in [0.29, 0.717) is 12.6 Å². The number of aryl methyl sites for hydroxylation is 1. The van der Waals surface area contributed by atoms with Gasteiger partial charge in [0.15, 0.2) is 5.82 Å². The first-order chi connectivity index (χ1) is 15.5. The van der Waals surface area contributed by atoms with Crippen LogP contribution in [0.1, 0.15) is 41.3 Å². The van der Waals surface area contributed by atoms with Crippen molar-refractivity contribution in [3.63, 3.8) is 0 Å². The Morgan fingerprint density at radius 1 is 1.31 bits per heavy atom. The molecule has 0 spiro atoms. The van der Waals surface area contributed by atoms with Crippen LogP contribution in [-0.4, -0.2) is 39.7 Å².